The Morgan fingerprint density at radius 1 is 0.520 bits per heavy atom. The van der Waals surface area contributed by atoms with E-state index in [4.69, 9.17) is 14.2 Å². The maximum absolute atomic E-state index is 12.3. The summed E-state index contributed by atoms with van der Waals surface area (Å²) in [5.74, 6) is 0. The van der Waals surface area contributed by atoms with Crippen molar-refractivity contribution in [3.8, 4) is 0 Å². The van der Waals surface area contributed by atoms with E-state index in [-0.39, 0.29) is 6.04 Å². The molecular formula is C44H82N2O4. The molecule has 0 aliphatic carbocycles. The van der Waals surface area contributed by atoms with E-state index in [1.165, 1.54) is 128 Å². The van der Waals surface area contributed by atoms with Gasteiger partial charge in [0.1, 0.15) is 6.61 Å². The lowest BCUT2D eigenvalue weighted by Gasteiger charge is -2.19. The zero-order chi connectivity index (χ0) is 36.4. The zero-order valence-corrected chi connectivity index (χ0v) is 33.5. The second-order valence-corrected chi connectivity index (χ2v) is 14.1. The minimum Gasteiger partial charge on any atom is -0.448 e. The molecule has 0 heterocycles. The molecule has 0 fully saturated rings. The fourth-order valence-corrected chi connectivity index (χ4v) is 5.50. The van der Waals surface area contributed by atoms with E-state index >= 15 is 0 Å². The van der Waals surface area contributed by atoms with E-state index < -0.39 is 6.09 Å². The third-order valence-electron chi connectivity index (χ3n) is 8.71. The lowest BCUT2D eigenvalue weighted by molar-refractivity contribution is 0.0487. The first-order chi connectivity index (χ1) is 24.6. The molecule has 0 aromatic heterocycles. The Bertz CT molecular complexity index is 756. The van der Waals surface area contributed by atoms with Crippen molar-refractivity contribution in [3.05, 3.63) is 48.6 Å². The maximum atomic E-state index is 12.3. The quantitative estimate of drug-likeness (QED) is 0.0513. The smallest absolute Gasteiger partial charge is 0.407 e. The maximum Gasteiger partial charge on any atom is 0.407 e. The standard InChI is InChI=1S/C44H82N2O4/c1-5-7-9-11-13-15-17-19-21-23-25-27-29-31-33-35-38-48-41-43(45-44(47)50-40-37-46(3)4)42-49-39-36-34-32-30-28-26-24-22-20-18-16-14-12-10-8-6-2/h13-16,19-22,43H,5-12,17-18,23-42H2,1-4H3,(H,45,47). The van der Waals surface area contributed by atoms with Crippen LogP contribution in [0.3, 0.4) is 0 Å². The first-order valence-corrected chi connectivity index (χ1v) is 20.9. The predicted octanol–water partition coefficient (Wildman–Crippen LogP) is 12.3. The number of hydrogen-bond donors (Lipinski definition) is 1. The molecule has 0 bridgehead atoms. The number of hydrogen-bond acceptors (Lipinski definition) is 5. The van der Waals surface area contributed by atoms with E-state index in [0.717, 1.165) is 25.7 Å². The van der Waals surface area contributed by atoms with Crippen LogP contribution in [0.2, 0.25) is 0 Å². The van der Waals surface area contributed by atoms with Crippen molar-refractivity contribution in [2.24, 2.45) is 0 Å². The molecule has 0 aliphatic rings. The number of carbonyl (C=O) groups is 1. The number of unbranched alkanes of at least 4 members (excludes halogenated alkanes) is 18. The van der Waals surface area contributed by atoms with Crippen molar-refractivity contribution in [2.45, 2.75) is 174 Å². The van der Waals surface area contributed by atoms with Gasteiger partial charge in [-0.15, -0.1) is 0 Å². The van der Waals surface area contributed by atoms with Crippen molar-refractivity contribution in [1.29, 1.82) is 0 Å². The third kappa shape index (κ3) is 40.5. The number of allylic oxidation sites excluding steroid dienone is 8. The summed E-state index contributed by atoms with van der Waals surface area (Å²) in [5, 5.41) is 2.96. The van der Waals surface area contributed by atoms with E-state index in [1.54, 1.807) is 0 Å². The lowest BCUT2D eigenvalue weighted by atomic mass is 10.1. The molecule has 0 saturated heterocycles. The van der Waals surface area contributed by atoms with Gasteiger partial charge < -0.3 is 24.4 Å². The molecule has 50 heavy (non-hydrogen) atoms. The number of nitrogens with one attached hydrogen (secondary N) is 1. The average Bonchev–Trinajstić information content (AvgIpc) is 3.10. The Labute approximate surface area is 310 Å². The van der Waals surface area contributed by atoms with Gasteiger partial charge >= 0.3 is 6.09 Å². The summed E-state index contributed by atoms with van der Waals surface area (Å²) in [6.45, 7) is 7.91. The number of likely N-dealkylation sites (N-methyl/N-ethyl adjacent to an activating group) is 1. The number of rotatable bonds is 38. The topological polar surface area (TPSA) is 60.0 Å². The van der Waals surface area contributed by atoms with Gasteiger partial charge in [0.2, 0.25) is 0 Å². The van der Waals surface area contributed by atoms with Gasteiger partial charge in [-0.2, -0.15) is 0 Å². The van der Waals surface area contributed by atoms with Gasteiger partial charge in [0.15, 0.2) is 0 Å². The van der Waals surface area contributed by atoms with Crippen LogP contribution in [0.1, 0.15) is 168 Å². The monoisotopic (exact) mass is 703 g/mol. The molecule has 292 valence electrons. The van der Waals surface area contributed by atoms with E-state index in [0.29, 0.717) is 39.6 Å². The van der Waals surface area contributed by atoms with Crippen molar-refractivity contribution in [3.63, 3.8) is 0 Å². The fraction of sp³-hybridized carbons (Fsp3) is 0.795. The number of carbonyl (C=O) groups excluding carboxylic acids is 1. The second-order valence-electron chi connectivity index (χ2n) is 14.1. The van der Waals surface area contributed by atoms with Gasteiger partial charge in [0.25, 0.3) is 0 Å². The van der Waals surface area contributed by atoms with Gasteiger partial charge in [-0.25, -0.2) is 4.79 Å². The number of alkyl carbamates (subject to hydrolysis) is 1. The number of amides is 1. The van der Waals surface area contributed by atoms with Gasteiger partial charge in [0.05, 0.1) is 19.3 Å². The first kappa shape index (κ1) is 48.1. The molecule has 0 rings (SSSR count). The molecule has 0 spiro atoms. The Kier molecular flexibility index (Phi) is 40.0. The molecule has 0 atom stereocenters. The molecule has 1 N–H and O–H groups in total. The molecular weight excluding hydrogens is 620 g/mol. The van der Waals surface area contributed by atoms with Crippen LogP contribution >= 0.6 is 0 Å². The first-order valence-electron chi connectivity index (χ1n) is 20.9. The van der Waals surface area contributed by atoms with Crippen LogP contribution < -0.4 is 5.32 Å². The molecule has 0 radical (unpaired) electrons. The van der Waals surface area contributed by atoms with Gasteiger partial charge in [-0.05, 0) is 91.1 Å². The van der Waals surface area contributed by atoms with E-state index in [1.807, 2.05) is 19.0 Å². The minimum atomic E-state index is -0.397. The molecule has 0 saturated carbocycles. The normalized spacial score (nSPS) is 12.8. The highest BCUT2D eigenvalue weighted by molar-refractivity contribution is 5.67. The summed E-state index contributed by atoms with van der Waals surface area (Å²) in [5.41, 5.74) is 0. The predicted molar refractivity (Wildman–Crippen MR) is 217 cm³/mol. The number of nitrogens with zero attached hydrogens (tertiary/aromatic N) is 1. The summed E-state index contributed by atoms with van der Waals surface area (Å²) in [6, 6.07) is -0.198. The molecule has 0 aromatic carbocycles. The Morgan fingerprint density at radius 2 is 0.900 bits per heavy atom. The van der Waals surface area contributed by atoms with Crippen LogP contribution in [0.15, 0.2) is 48.6 Å². The fourth-order valence-electron chi connectivity index (χ4n) is 5.50. The van der Waals surface area contributed by atoms with Crippen molar-refractivity contribution < 1.29 is 19.0 Å². The molecule has 6 heteroatoms. The van der Waals surface area contributed by atoms with Crippen LogP contribution in [-0.4, -0.2) is 70.7 Å². The Hall–Kier alpha value is -1.89. The zero-order valence-electron chi connectivity index (χ0n) is 33.5. The molecule has 0 aromatic rings. The van der Waals surface area contributed by atoms with Crippen molar-refractivity contribution >= 4 is 6.09 Å². The van der Waals surface area contributed by atoms with Crippen molar-refractivity contribution in [2.75, 3.05) is 53.7 Å². The second kappa shape index (κ2) is 41.5. The largest absolute Gasteiger partial charge is 0.448 e. The summed E-state index contributed by atoms with van der Waals surface area (Å²) in [6.07, 6.45) is 47.8. The van der Waals surface area contributed by atoms with Gasteiger partial charge in [0, 0.05) is 19.8 Å². The Morgan fingerprint density at radius 3 is 1.30 bits per heavy atom. The summed E-state index contributed by atoms with van der Waals surface area (Å²) in [4.78, 5) is 14.3. The van der Waals surface area contributed by atoms with Crippen LogP contribution in [-0.2, 0) is 14.2 Å². The highest BCUT2D eigenvalue weighted by Crippen LogP contribution is 2.10. The highest BCUT2D eigenvalue weighted by atomic mass is 16.6. The number of ether oxygens (including phenoxy) is 3. The summed E-state index contributed by atoms with van der Waals surface area (Å²) >= 11 is 0. The van der Waals surface area contributed by atoms with Crippen LogP contribution in [0.4, 0.5) is 4.79 Å². The lowest BCUT2D eigenvalue weighted by Crippen LogP contribution is -2.42. The van der Waals surface area contributed by atoms with Crippen LogP contribution in [0.5, 0.6) is 0 Å². The van der Waals surface area contributed by atoms with Crippen molar-refractivity contribution in [1.82, 2.24) is 10.2 Å². The third-order valence-corrected chi connectivity index (χ3v) is 8.71. The minimum absolute atomic E-state index is 0.198. The molecule has 0 unspecified atom stereocenters. The van der Waals surface area contributed by atoms with Crippen LogP contribution in [0, 0.1) is 0 Å². The van der Waals surface area contributed by atoms with Gasteiger partial charge in [-0.1, -0.05) is 140 Å². The van der Waals surface area contributed by atoms with E-state index in [2.05, 4.69) is 67.8 Å². The van der Waals surface area contributed by atoms with E-state index in [9.17, 15) is 4.79 Å². The van der Waals surface area contributed by atoms with Crippen LogP contribution in [0.25, 0.3) is 0 Å². The SMILES string of the molecule is CCCCCC=CCC=CCCCCCCCCOCC(COCCCCCCCCC=CCC=CCCCCC)NC(=O)OCCN(C)C. The molecule has 1 amide bonds. The highest BCUT2D eigenvalue weighted by Gasteiger charge is 2.14. The average molecular weight is 703 g/mol. The van der Waals surface area contributed by atoms with Gasteiger partial charge in [-0.3, -0.25) is 0 Å². The Balaban J connectivity index is 3.95. The molecule has 6 nitrogen and oxygen atoms in total. The summed E-state index contributed by atoms with van der Waals surface area (Å²) < 4.78 is 17.3. The summed E-state index contributed by atoms with van der Waals surface area (Å²) in [7, 11) is 3.93. The molecule has 0 aliphatic heterocycles.